The number of fused-ring (bicyclic) bond motifs is 1. The Morgan fingerprint density at radius 1 is 1.19 bits per heavy atom. The van der Waals surface area contributed by atoms with Crippen molar-refractivity contribution in [2.45, 2.75) is 32.6 Å². The Morgan fingerprint density at radius 3 is 2.74 bits per heavy atom. The summed E-state index contributed by atoms with van der Waals surface area (Å²) < 4.78 is 7.03. The van der Waals surface area contributed by atoms with Gasteiger partial charge in [0, 0.05) is 19.0 Å². The number of hydrogen-bond donors (Lipinski definition) is 0. The largest absolute Gasteiger partial charge is 0.483 e. The highest BCUT2D eigenvalue weighted by atomic mass is 32.1. The maximum atomic E-state index is 12.5. The van der Waals surface area contributed by atoms with Crippen LogP contribution in [0.15, 0.2) is 42.5 Å². The number of carbonyl (C=O) groups excluding carboxylic acids is 1. The van der Waals surface area contributed by atoms with E-state index in [0.717, 1.165) is 48.3 Å². The van der Waals surface area contributed by atoms with Crippen molar-refractivity contribution in [2.75, 3.05) is 19.7 Å². The van der Waals surface area contributed by atoms with Crippen molar-refractivity contribution in [3.8, 4) is 5.75 Å². The van der Waals surface area contributed by atoms with Crippen LogP contribution in [0.5, 0.6) is 5.75 Å². The van der Waals surface area contributed by atoms with Crippen LogP contribution in [0, 0.1) is 13.8 Å². The normalized spacial score (nSPS) is 15.3. The molecule has 1 fully saturated rings. The molecule has 0 spiro atoms. The molecule has 1 aliphatic rings. The van der Waals surface area contributed by atoms with Crippen molar-refractivity contribution in [3.05, 3.63) is 58.6 Å². The van der Waals surface area contributed by atoms with Crippen LogP contribution in [0.4, 0.5) is 0 Å². The lowest BCUT2D eigenvalue weighted by Gasteiger charge is -2.31. The fourth-order valence-corrected chi connectivity index (χ4v) is 4.67. The lowest BCUT2D eigenvalue weighted by Crippen LogP contribution is -2.40. The van der Waals surface area contributed by atoms with Gasteiger partial charge in [-0.15, -0.1) is 11.3 Å². The SMILES string of the molecule is Cc1ccc(C)c(OCC(=O)N2CCC(c3nc4ccccc4s3)CC2)c1. The summed E-state index contributed by atoms with van der Waals surface area (Å²) in [5.74, 6) is 1.32. The zero-order chi connectivity index (χ0) is 18.8. The van der Waals surface area contributed by atoms with Crippen molar-refractivity contribution in [2.24, 2.45) is 0 Å². The predicted octanol–water partition coefficient (Wildman–Crippen LogP) is 4.70. The third-order valence-corrected chi connectivity index (χ3v) is 6.40. The van der Waals surface area contributed by atoms with Crippen LogP contribution in [0.2, 0.25) is 0 Å². The summed E-state index contributed by atoms with van der Waals surface area (Å²) in [6, 6.07) is 14.3. The lowest BCUT2D eigenvalue weighted by atomic mass is 9.97. The molecule has 0 N–H and O–H groups in total. The van der Waals surface area contributed by atoms with E-state index in [1.54, 1.807) is 11.3 Å². The van der Waals surface area contributed by atoms with Gasteiger partial charge < -0.3 is 9.64 Å². The number of nitrogens with zero attached hydrogens (tertiary/aromatic N) is 2. The summed E-state index contributed by atoms with van der Waals surface area (Å²) in [4.78, 5) is 19.3. The van der Waals surface area contributed by atoms with Gasteiger partial charge in [-0.3, -0.25) is 4.79 Å². The molecular formula is C22H24N2O2S. The number of carbonyl (C=O) groups is 1. The maximum absolute atomic E-state index is 12.5. The van der Waals surface area contributed by atoms with Crippen molar-refractivity contribution in [1.29, 1.82) is 0 Å². The van der Waals surface area contributed by atoms with Crippen LogP contribution in [0.3, 0.4) is 0 Å². The average molecular weight is 381 g/mol. The number of aryl methyl sites for hydroxylation is 2. The highest BCUT2D eigenvalue weighted by Gasteiger charge is 2.26. The highest BCUT2D eigenvalue weighted by molar-refractivity contribution is 7.18. The molecule has 0 unspecified atom stereocenters. The van der Waals surface area contributed by atoms with Crippen molar-refractivity contribution in [1.82, 2.24) is 9.88 Å². The first-order chi connectivity index (χ1) is 13.1. The molecule has 2 heterocycles. The third-order valence-electron chi connectivity index (χ3n) is 5.20. The van der Waals surface area contributed by atoms with Gasteiger partial charge in [0.1, 0.15) is 5.75 Å². The summed E-state index contributed by atoms with van der Waals surface area (Å²) in [6.45, 7) is 5.69. The standard InChI is InChI=1S/C22H24N2O2S/c1-15-7-8-16(2)19(13-15)26-14-21(25)24-11-9-17(10-12-24)22-23-18-5-3-4-6-20(18)27-22/h3-8,13,17H,9-12,14H2,1-2H3. The van der Waals surface area contributed by atoms with Crippen molar-refractivity contribution >= 4 is 27.5 Å². The quantitative estimate of drug-likeness (QED) is 0.659. The Bertz CT molecular complexity index is 925. The van der Waals surface area contributed by atoms with Crippen molar-refractivity contribution < 1.29 is 9.53 Å². The van der Waals surface area contributed by atoms with E-state index in [1.807, 2.05) is 36.9 Å². The number of thiazole rings is 1. The fourth-order valence-electron chi connectivity index (χ4n) is 3.53. The van der Waals surface area contributed by atoms with Gasteiger partial charge in [0.15, 0.2) is 6.61 Å². The summed E-state index contributed by atoms with van der Waals surface area (Å²) in [5, 5.41) is 1.20. The van der Waals surface area contributed by atoms with Crippen LogP contribution < -0.4 is 4.74 Å². The fraction of sp³-hybridized carbons (Fsp3) is 0.364. The maximum Gasteiger partial charge on any atom is 0.260 e. The second-order valence-electron chi connectivity index (χ2n) is 7.23. The first-order valence-electron chi connectivity index (χ1n) is 9.43. The minimum absolute atomic E-state index is 0.0682. The van der Waals surface area contributed by atoms with Crippen LogP contribution in [-0.2, 0) is 4.79 Å². The summed E-state index contributed by atoms with van der Waals surface area (Å²) in [7, 11) is 0. The molecule has 0 bridgehead atoms. The lowest BCUT2D eigenvalue weighted by molar-refractivity contribution is -0.134. The molecule has 0 atom stereocenters. The van der Waals surface area contributed by atoms with Gasteiger partial charge in [-0.2, -0.15) is 0 Å². The molecule has 1 amide bonds. The third kappa shape index (κ3) is 3.98. The number of ether oxygens (including phenoxy) is 1. The van der Waals surface area contributed by atoms with Crippen LogP contribution in [-0.4, -0.2) is 35.5 Å². The van der Waals surface area contributed by atoms with E-state index < -0.39 is 0 Å². The van der Waals surface area contributed by atoms with E-state index in [4.69, 9.17) is 9.72 Å². The van der Waals surface area contributed by atoms with Crippen LogP contribution >= 0.6 is 11.3 Å². The second-order valence-corrected chi connectivity index (χ2v) is 8.29. The zero-order valence-corrected chi connectivity index (χ0v) is 16.6. The minimum atomic E-state index is 0.0682. The second kappa shape index (κ2) is 7.69. The summed E-state index contributed by atoms with van der Waals surface area (Å²) in [6.07, 6.45) is 1.93. The Hall–Kier alpha value is -2.40. The number of aromatic nitrogens is 1. The summed E-state index contributed by atoms with van der Waals surface area (Å²) >= 11 is 1.78. The Labute approximate surface area is 163 Å². The van der Waals surface area contributed by atoms with Crippen molar-refractivity contribution in [3.63, 3.8) is 0 Å². The van der Waals surface area contributed by atoms with E-state index in [0.29, 0.717) is 5.92 Å². The molecule has 1 aromatic heterocycles. The molecule has 27 heavy (non-hydrogen) atoms. The molecule has 3 aromatic rings. The first kappa shape index (κ1) is 18.0. The number of benzene rings is 2. The van der Waals surface area contributed by atoms with Gasteiger partial charge in [0.2, 0.25) is 0 Å². The monoisotopic (exact) mass is 380 g/mol. The number of amides is 1. The van der Waals surface area contributed by atoms with E-state index in [2.05, 4.69) is 24.3 Å². The number of para-hydroxylation sites is 1. The molecular weight excluding hydrogens is 356 g/mol. The van der Waals surface area contributed by atoms with Gasteiger partial charge in [-0.1, -0.05) is 24.3 Å². The molecule has 5 heteroatoms. The topological polar surface area (TPSA) is 42.4 Å². The molecule has 1 aliphatic heterocycles. The van der Waals surface area contributed by atoms with Crippen LogP contribution in [0.1, 0.15) is 34.9 Å². The van der Waals surface area contributed by atoms with E-state index >= 15 is 0 Å². The number of rotatable bonds is 4. The van der Waals surface area contributed by atoms with Gasteiger partial charge in [-0.05, 0) is 56.0 Å². The minimum Gasteiger partial charge on any atom is -0.483 e. The zero-order valence-electron chi connectivity index (χ0n) is 15.8. The molecule has 4 rings (SSSR count). The number of piperidine rings is 1. The van der Waals surface area contributed by atoms with Gasteiger partial charge in [0.05, 0.1) is 15.2 Å². The molecule has 140 valence electrons. The Morgan fingerprint density at radius 2 is 1.96 bits per heavy atom. The van der Waals surface area contributed by atoms with E-state index in [1.165, 1.54) is 9.71 Å². The molecule has 4 nitrogen and oxygen atoms in total. The molecule has 0 aliphatic carbocycles. The number of hydrogen-bond acceptors (Lipinski definition) is 4. The smallest absolute Gasteiger partial charge is 0.260 e. The van der Waals surface area contributed by atoms with Gasteiger partial charge in [-0.25, -0.2) is 4.98 Å². The molecule has 1 saturated heterocycles. The average Bonchev–Trinajstić information content (AvgIpc) is 3.13. The highest BCUT2D eigenvalue weighted by Crippen LogP contribution is 2.33. The summed E-state index contributed by atoms with van der Waals surface area (Å²) in [5.41, 5.74) is 3.28. The van der Waals surface area contributed by atoms with Gasteiger partial charge >= 0.3 is 0 Å². The first-order valence-corrected chi connectivity index (χ1v) is 10.2. The molecule has 0 saturated carbocycles. The predicted molar refractivity (Wildman–Crippen MR) is 110 cm³/mol. The molecule has 2 aromatic carbocycles. The van der Waals surface area contributed by atoms with E-state index in [-0.39, 0.29) is 12.5 Å². The van der Waals surface area contributed by atoms with Gasteiger partial charge in [0.25, 0.3) is 5.91 Å². The van der Waals surface area contributed by atoms with E-state index in [9.17, 15) is 4.79 Å². The number of likely N-dealkylation sites (tertiary alicyclic amines) is 1. The Kier molecular flexibility index (Phi) is 5.12. The van der Waals surface area contributed by atoms with Crippen LogP contribution in [0.25, 0.3) is 10.2 Å². The Balaban J connectivity index is 1.33. The molecule has 0 radical (unpaired) electrons.